The molecule has 4 aliphatic heterocycles. The molecule has 0 amide bonds. The molecule has 0 unspecified atom stereocenters. The minimum atomic E-state index is -4.50. The maximum atomic E-state index is 14.5. The van der Waals surface area contributed by atoms with Gasteiger partial charge in [0.05, 0.1) is 167 Å². The second-order valence-electron chi connectivity index (χ2n) is 35.9. The van der Waals surface area contributed by atoms with Crippen molar-refractivity contribution in [1.29, 1.82) is 0 Å². The molecule has 0 saturated carbocycles. The van der Waals surface area contributed by atoms with Crippen molar-refractivity contribution < 1.29 is 56.9 Å². The van der Waals surface area contributed by atoms with Crippen LogP contribution in [0, 0.1) is 19.8 Å². The molecule has 0 spiro atoms. The Labute approximate surface area is 812 Å². The summed E-state index contributed by atoms with van der Waals surface area (Å²) in [5.41, 5.74) is 13.6. The quantitative estimate of drug-likeness (QED) is 0.0421. The fourth-order valence-corrected chi connectivity index (χ4v) is 19.8. The summed E-state index contributed by atoms with van der Waals surface area (Å²) < 4.78 is 80.5. The number of alkyl halides is 3. The summed E-state index contributed by atoms with van der Waals surface area (Å²) in [7, 11) is 0. The van der Waals surface area contributed by atoms with Crippen LogP contribution < -0.4 is 22.2 Å². The fraction of sp³-hybridized carbons (Fsp3) is 0.248. The minimum absolute atomic E-state index is 0.146. The first-order valence-corrected chi connectivity index (χ1v) is 47.0. The lowest BCUT2D eigenvalue weighted by molar-refractivity contribution is -0.141. The van der Waals surface area contributed by atoms with Gasteiger partial charge in [-0.05, 0) is 216 Å². The number of benzene rings is 8. The monoisotopic (exact) mass is 1930 g/mol. The highest BCUT2D eigenvalue weighted by atomic mass is 35.5. The molecule has 142 heavy (non-hydrogen) atoms. The summed E-state index contributed by atoms with van der Waals surface area (Å²) >= 11 is 6.17. The first kappa shape index (κ1) is 94.6. The second kappa shape index (κ2) is 41.1. The molecular weight excluding hydrogens is 1840 g/mol. The van der Waals surface area contributed by atoms with Crippen LogP contribution in [0.3, 0.4) is 0 Å². The molecule has 4 fully saturated rings. The van der Waals surface area contributed by atoms with Gasteiger partial charge in [0, 0.05) is 108 Å². The molecule has 8 aromatic carbocycles. The lowest BCUT2D eigenvalue weighted by Gasteiger charge is -2.29. The molecule has 8 atom stereocenters. The van der Waals surface area contributed by atoms with Crippen LogP contribution in [0.15, 0.2) is 282 Å². The summed E-state index contributed by atoms with van der Waals surface area (Å²) in [4.78, 5) is 106. The van der Waals surface area contributed by atoms with Crippen LogP contribution in [0.5, 0.6) is 0 Å². The van der Waals surface area contributed by atoms with Crippen LogP contribution in [0.25, 0.3) is 120 Å². The third-order valence-corrected chi connectivity index (χ3v) is 26.8. The molecule has 28 nitrogen and oxygen atoms in total. The summed E-state index contributed by atoms with van der Waals surface area (Å²) in [6.45, 7) is 6.42. The molecule has 15 heterocycles. The van der Waals surface area contributed by atoms with Gasteiger partial charge in [-0.25, -0.2) is 39.9 Å². The molecule has 19 aromatic rings. The van der Waals surface area contributed by atoms with E-state index in [1.807, 2.05) is 165 Å². The molecular formula is C109H93ClF4N16O12. The number of halogens is 5. The van der Waals surface area contributed by atoms with Crippen LogP contribution in [0.2, 0.25) is 5.15 Å². The van der Waals surface area contributed by atoms with E-state index in [2.05, 4.69) is 71.9 Å². The molecule has 33 heteroatoms. The van der Waals surface area contributed by atoms with E-state index in [1.54, 1.807) is 71.7 Å². The summed E-state index contributed by atoms with van der Waals surface area (Å²) in [5.74, 6) is -0.553. The second-order valence-corrected chi connectivity index (χ2v) is 36.3. The number of nitrogens with zero attached hydrogens (tertiary/aromatic N) is 16. The highest BCUT2D eigenvalue weighted by molar-refractivity contribution is 6.29. The number of aryl methyl sites for hydroxylation is 2. The van der Waals surface area contributed by atoms with Gasteiger partial charge < -0.3 is 39.4 Å². The zero-order valence-corrected chi connectivity index (χ0v) is 77.6. The van der Waals surface area contributed by atoms with Crippen molar-refractivity contribution in [2.24, 2.45) is 0 Å². The van der Waals surface area contributed by atoms with E-state index in [4.69, 9.17) is 30.5 Å². The summed E-state index contributed by atoms with van der Waals surface area (Å²) in [6, 6.07) is 58.7. The molecule has 716 valence electrons. The lowest BCUT2D eigenvalue weighted by atomic mass is 9.95. The summed E-state index contributed by atoms with van der Waals surface area (Å²) in [6.07, 6.45) is 14.4. The van der Waals surface area contributed by atoms with E-state index >= 15 is 0 Å². The summed E-state index contributed by atoms with van der Waals surface area (Å²) in [5, 5.41) is 51.8. The third-order valence-electron chi connectivity index (χ3n) is 26.6. The van der Waals surface area contributed by atoms with E-state index in [1.165, 1.54) is 34.2 Å². The molecule has 0 bridgehead atoms. The predicted molar refractivity (Wildman–Crippen MR) is 531 cm³/mol. The van der Waals surface area contributed by atoms with Crippen molar-refractivity contribution in [3.8, 4) is 33.8 Å². The number of aliphatic hydroxyl groups excluding tert-OH is 4. The average molecular weight is 1930 g/mol. The zero-order chi connectivity index (χ0) is 98.0. The van der Waals surface area contributed by atoms with Crippen molar-refractivity contribution in [2.75, 3.05) is 52.9 Å². The SMILES string of the molecule is Cc1cc(Cc2cc3c(=O)n([C@H]4CCOC[C@@H]4O)cnc3c3ccccc23)cc(Cl)n1.Cc1ccc(-c2cc(Cc3cc4c(=O)n([C@H]5CCOC[C@@H]5O)cnc4c4ccccc34)ccn2)c(F)n1.O=c1c2cc(Cc3ccc(-c4ccc(C(F)(F)F)nc4)nc3)c3ccccc3c2ncn1[C@H]1CCOC[C@@H]1O.O=c1c2cc(Cc3ccc(-c4cncnc4)nc3)c3ccccc3c2ncn1[C@H]1CCOC[C@@H]1O. The zero-order valence-electron chi connectivity index (χ0n) is 76.9. The van der Waals surface area contributed by atoms with Gasteiger partial charge in [0.25, 0.3) is 22.2 Å². The largest absolute Gasteiger partial charge is 0.433 e. The Morgan fingerprint density at radius 2 is 0.739 bits per heavy atom. The highest BCUT2D eigenvalue weighted by Gasteiger charge is 2.35. The molecule has 0 aliphatic carbocycles. The number of fused-ring (bicyclic) bond motifs is 12. The topological polar surface area (TPSA) is 361 Å². The number of hydrogen-bond acceptors (Lipinski definition) is 24. The standard InChI is InChI=1S/C29H23F3N4O3.C29H25FN4O3.C27H23N5O3.C24H22ClN3O3/c30-29(31,32)26-8-6-18(14-34-26)23-7-5-17(13-33-23)11-19-12-22-27(21-4-2-1-3-20(19)21)35-16-36(28(22)38)24-9-10-39-15-25(24)37;1-17-6-7-22(28(30)33-17)24-13-18(8-10-31-24)12-19-14-23-27(21-5-3-2-4-20(19)21)32-16-34(29(23)36)25-9-11-37-15-26(25)35;33-25-14-35-8-7-24(25)32-16-31-26-21-4-2-1-3-20(21)18(10-22(26)27(32)34)9-17-5-6-23(30-11-17)19-12-28-15-29-13-19;1-14-8-15(10-22(25)27-14)9-16-11-19-23(18-5-3-2-4-17(16)18)26-13-28(24(19)30)20-6-7-31-12-21(20)29/h1-8,12-14,16,24-25,37H,9-11,15H2;2-8,10,13-14,16,25-26,35H,9,11-12,15H2,1H3;1-6,10-13,15-16,24-25,33H,7-9,14H2;2-5,8,10-11,13,20-21,29H,6-7,9,12H2,1H3/t24-,25-;25-,26-;24-,25-;20-,21-/m0000/s1. The Bertz CT molecular complexity index is 8240. The molecule has 0 radical (unpaired) electrons. The molecule has 4 aliphatic rings. The Morgan fingerprint density at radius 1 is 0.359 bits per heavy atom. The smallest absolute Gasteiger partial charge is 0.389 e. The third kappa shape index (κ3) is 19.8. The molecule has 4 saturated heterocycles. The average Bonchev–Trinajstić information content (AvgIpc) is 0.760. The van der Waals surface area contributed by atoms with Gasteiger partial charge in [-0.1, -0.05) is 121 Å². The van der Waals surface area contributed by atoms with Crippen molar-refractivity contribution in [3.63, 3.8) is 0 Å². The number of ether oxygens (including phenoxy) is 4. The number of hydrogen-bond donors (Lipinski definition) is 4. The van der Waals surface area contributed by atoms with E-state index in [-0.39, 0.29) is 66.8 Å². The van der Waals surface area contributed by atoms with E-state index < -0.39 is 48.3 Å². The maximum absolute atomic E-state index is 14.5. The van der Waals surface area contributed by atoms with Gasteiger partial charge in [0.1, 0.15) is 17.2 Å². The molecule has 11 aromatic heterocycles. The van der Waals surface area contributed by atoms with Crippen LogP contribution in [0.1, 0.15) is 111 Å². The Balaban J connectivity index is 0.000000116. The van der Waals surface area contributed by atoms with Gasteiger partial charge in [0.15, 0.2) is 0 Å². The van der Waals surface area contributed by atoms with Crippen LogP contribution in [0.4, 0.5) is 17.6 Å². The van der Waals surface area contributed by atoms with E-state index in [9.17, 15) is 57.2 Å². The lowest BCUT2D eigenvalue weighted by Crippen LogP contribution is -2.39. The van der Waals surface area contributed by atoms with Gasteiger partial charge in [-0.2, -0.15) is 17.6 Å². The van der Waals surface area contributed by atoms with Crippen LogP contribution >= 0.6 is 11.6 Å². The molecule has 23 rings (SSSR count). The van der Waals surface area contributed by atoms with Gasteiger partial charge in [0.2, 0.25) is 5.95 Å². The van der Waals surface area contributed by atoms with E-state index in [0.29, 0.717) is 155 Å². The van der Waals surface area contributed by atoms with Crippen LogP contribution in [-0.4, -0.2) is 176 Å². The Hall–Kier alpha value is -15.0. The number of aromatic nitrogens is 16. The fourth-order valence-electron chi connectivity index (χ4n) is 19.5. The number of aliphatic hydroxyl groups is 4. The van der Waals surface area contributed by atoms with Crippen molar-refractivity contribution >= 4 is 98.3 Å². The van der Waals surface area contributed by atoms with Gasteiger partial charge in [-0.3, -0.25) is 57.4 Å². The van der Waals surface area contributed by atoms with Crippen LogP contribution in [-0.2, 0) is 50.8 Å². The van der Waals surface area contributed by atoms with Gasteiger partial charge >= 0.3 is 6.18 Å². The van der Waals surface area contributed by atoms with Crippen molar-refractivity contribution in [1.82, 2.24) is 78.1 Å². The highest BCUT2D eigenvalue weighted by Crippen LogP contribution is 2.38. The maximum Gasteiger partial charge on any atom is 0.433 e. The number of rotatable bonds is 15. The predicted octanol–water partition coefficient (Wildman–Crippen LogP) is 16.4. The Kier molecular flexibility index (Phi) is 27.4. The number of pyridine rings is 6. The van der Waals surface area contributed by atoms with E-state index in [0.717, 1.165) is 117 Å². The normalized spacial score (nSPS) is 18.3. The minimum Gasteiger partial charge on any atom is -0.389 e. The van der Waals surface area contributed by atoms with Crippen molar-refractivity contribution in [3.05, 3.63) is 377 Å². The van der Waals surface area contributed by atoms with Gasteiger partial charge in [-0.15, -0.1) is 0 Å². The first-order valence-electron chi connectivity index (χ1n) is 46.6. The Morgan fingerprint density at radius 3 is 1.09 bits per heavy atom. The first-order chi connectivity index (χ1) is 69.0. The van der Waals surface area contributed by atoms with Crippen molar-refractivity contribution in [2.45, 2.75) is 120 Å². The molecule has 4 N–H and O–H groups in total.